The van der Waals surface area contributed by atoms with Gasteiger partial charge in [-0.3, -0.25) is 4.98 Å². The van der Waals surface area contributed by atoms with Gasteiger partial charge >= 0.3 is 0 Å². The van der Waals surface area contributed by atoms with Gasteiger partial charge < -0.3 is 25.4 Å². The van der Waals surface area contributed by atoms with Crippen molar-refractivity contribution in [2.75, 3.05) is 20.3 Å². The first-order valence-electron chi connectivity index (χ1n) is 10.6. The lowest BCUT2D eigenvalue weighted by atomic mass is 9.70. The van der Waals surface area contributed by atoms with E-state index in [1.165, 1.54) is 0 Å². The molecule has 32 heavy (non-hydrogen) atoms. The lowest BCUT2D eigenvalue weighted by molar-refractivity contribution is -0.127. The number of fused-ring (bicyclic) bond motifs is 3. The van der Waals surface area contributed by atoms with Gasteiger partial charge in [-0.05, 0) is 29.8 Å². The monoisotopic (exact) mass is 496 g/mol. The van der Waals surface area contributed by atoms with Gasteiger partial charge in [-0.1, -0.05) is 58.4 Å². The molecule has 2 aromatic carbocycles. The molecule has 1 aromatic heterocycles. The molecule has 1 saturated carbocycles. The Kier molecular flexibility index (Phi) is 5.25. The third-order valence-electron chi connectivity index (χ3n) is 7.13. The van der Waals surface area contributed by atoms with E-state index < -0.39 is 17.1 Å². The van der Waals surface area contributed by atoms with Crippen LogP contribution in [0.15, 0.2) is 71.5 Å². The molecule has 4 N–H and O–H groups in total. The second-order valence-corrected chi connectivity index (χ2v) is 9.32. The van der Waals surface area contributed by atoms with Crippen LogP contribution in [0.25, 0.3) is 0 Å². The third kappa shape index (κ3) is 2.65. The topological polar surface area (TPSA) is 97.8 Å². The second-order valence-electron chi connectivity index (χ2n) is 8.40. The number of aliphatic hydroxyl groups excluding tert-OH is 1. The molecule has 2 aliphatic rings. The number of pyridine rings is 1. The molecule has 1 fully saturated rings. The second kappa shape index (κ2) is 7.85. The minimum atomic E-state index is -1.55. The Morgan fingerprint density at radius 3 is 2.47 bits per heavy atom. The zero-order valence-electron chi connectivity index (χ0n) is 17.6. The lowest BCUT2D eigenvalue weighted by Crippen LogP contribution is -2.51. The van der Waals surface area contributed by atoms with E-state index in [0.717, 1.165) is 15.6 Å². The van der Waals surface area contributed by atoms with Crippen molar-refractivity contribution in [3.63, 3.8) is 0 Å². The summed E-state index contributed by atoms with van der Waals surface area (Å²) in [4.78, 5) is 4.26. The molecule has 5 rings (SSSR count). The van der Waals surface area contributed by atoms with Crippen LogP contribution in [0.3, 0.4) is 0 Å². The quantitative estimate of drug-likeness (QED) is 0.501. The molecule has 0 radical (unpaired) electrons. The number of ether oxygens (including phenoxy) is 2. The van der Waals surface area contributed by atoms with Crippen LogP contribution in [-0.2, 0) is 11.2 Å². The Hall–Kier alpha value is -2.45. The number of aromatic nitrogens is 1. The van der Waals surface area contributed by atoms with Crippen LogP contribution in [0, 0.1) is 11.8 Å². The molecule has 7 heteroatoms. The third-order valence-corrected chi connectivity index (χ3v) is 7.66. The zero-order valence-corrected chi connectivity index (χ0v) is 19.2. The van der Waals surface area contributed by atoms with Crippen LogP contribution in [0.2, 0.25) is 0 Å². The molecular weight excluding hydrogens is 472 g/mol. The Bertz CT molecular complexity index is 1130. The highest BCUT2D eigenvalue weighted by Gasteiger charge is 2.76. The Morgan fingerprint density at radius 1 is 1.12 bits per heavy atom. The smallest absolute Gasteiger partial charge is 0.174 e. The van der Waals surface area contributed by atoms with Gasteiger partial charge in [0.1, 0.15) is 17.1 Å². The van der Waals surface area contributed by atoms with E-state index in [9.17, 15) is 10.2 Å². The Labute approximate surface area is 195 Å². The van der Waals surface area contributed by atoms with Gasteiger partial charge in [-0.15, -0.1) is 0 Å². The van der Waals surface area contributed by atoms with Gasteiger partial charge in [0.15, 0.2) is 5.60 Å². The molecule has 3 aromatic rings. The Morgan fingerprint density at radius 2 is 1.84 bits per heavy atom. The normalized spacial score (nSPS) is 30.5. The molecule has 1 aliphatic carbocycles. The van der Waals surface area contributed by atoms with E-state index >= 15 is 0 Å². The van der Waals surface area contributed by atoms with Crippen molar-refractivity contribution < 1.29 is 19.7 Å². The summed E-state index contributed by atoms with van der Waals surface area (Å²) in [6.45, 7) is 0.0196. The largest absolute Gasteiger partial charge is 0.495 e. The van der Waals surface area contributed by atoms with Gasteiger partial charge in [0.25, 0.3) is 0 Å². The fourth-order valence-corrected chi connectivity index (χ4v) is 6.21. The van der Waals surface area contributed by atoms with E-state index in [1.807, 2.05) is 54.6 Å². The van der Waals surface area contributed by atoms with Crippen molar-refractivity contribution in [3.8, 4) is 11.5 Å². The number of nitrogens with zero attached hydrogens (tertiary/aromatic N) is 1. The first kappa shape index (κ1) is 21.4. The molecule has 1 aliphatic heterocycles. The first-order chi connectivity index (χ1) is 15.5. The maximum atomic E-state index is 12.7. The average Bonchev–Trinajstić information content (AvgIpc) is 3.21. The van der Waals surface area contributed by atoms with Crippen molar-refractivity contribution in [1.29, 1.82) is 0 Å². The van der Waals surface area contributed by atoms with Crippen LogP contribution in [0.1, 0.15) is 22.6 Å². The molecule has 6 nitrogen and oxygen atoms in total. The van der Waals surface area contributed by atoms with Crippen molar-refractivity contribution in [1.82, 2.24) is 4.98 Å². The van der Waals surface area contributed by atoms with Crippen molar-refractivity contribution in [2.45, 2.75) is 17.1 Å². The van der Waals surface area contributed by atoms with E-state index in [2.05, 4.69) is 20.9 Å². The molecule has 0 saturated heterocycles. The molecule has 5 atom stereocenters. The summed E-state index contributed by atoms with van der Waals surface area (Å²) in [6.07, 6.45) is 3.19. The number of hydrogen-bond acceptors (Lipinski definition) is 6. The summed E-state index contributed by atoms with van der Waals surface area (Å²) in [6, 6.07) is 17.6. The zero-order chi connectivity index (χ0) is 22.5. The standard InChI is InChI=1S/C25H25BrN2O4/c1-31-20-12-28-13-21-23(20)24(30)19(11-27)18(14-29)22(15-5-3-2-4-6-15)25(24,32-21)16-7-9-17(26)10-8-16/h2-10,12-13,18-19,22,29-30H,11,14,27H2,1H3/t18-,19-,22+,24+,25-/m0/s1. The van der Waals surface area contributed by atoms with Gasteiger partial charge in [0.2, 0.25) is 0 Å². The van der Waals surface area contributed by atoms with Crippen molar-refractivity contribution >= 4 is 15.9 Å². The highest BCUT2D eigenvalue weighted by molar-refractivity contribution is 9.10. The predicted octanol–water partition coefficient (Wildman–Crippen LogP) is 3.31. The lowest BCUT2D eigenvalue weighted by Gasteiger charge is -2.41. The van der Waals surface area contributed by atoms with Crippen LogP contribution in [0.5, 0.6) is 11.5 Å². The molecular formula is C25H25BrN2O4. The van der Waals surface area contributed by atoms with Crippen molar-refractivity contribution in [2.24, 2.45) is 17.6 Å². The number of halogens is 1. The summed E-state index contributed by atoms with van der Waals surface area (Å²) in [5, 5.41) is 23.3. The van der Waals surface area contributed by atoms with Crippen LogP contribution in [-0.4, -0.2) is 35.5 Å². The summed E-state index contributed by atoms with van der Waals surface area (Å²) >= 11 is 3.51. The predicted molar refractivity (Wildman–Crippen MR) is 123 cm³/mol. The van der Waals surface area contributed by atoms with Gasteiger partial charge in [-0.25, -0.2) is 0 Å². The minimum Gasteiger partial charge on any atom is -0.495 e. The van der Waals surface area contributed by atoms with Crippen LogP contribution < -0.4 is 15.2 Å². The SMILES string of the molecule is COc1cncc2c1[C@]1(O)[C@@H](CN)[C@H](CO)[C@@H](c3ccccc3)[C@]1(c1ccc(Br)cc1)O2. The summed E-state index contributed by atoms with van der Waals surface area (Å²) in [7, 11) is 1.55. The average molecular weight is 497 g/mol. The van der Waals surface area contributed by atoms with Crippen LogP contribution in [0.4, 0.5) is 0 Å². The Balaban J connectivity index is 1.88. The number of benzene rings is 2. The van der Waals surface area contributed by atoms with E-state index in [0.29, 0.717) is 17.1 Å². The highest BCUT2D eigenvalue weighted by atomic mass is 79.9. The number of rotatable bonds is 5. The maximum Gasteiger partial charge on any atom is 0.174 e. The molecule has 0 amide bonds. The number of aliphatic hydroxyl groups is 2. The first-order valence-corrected chi connectivity index (χ1v) is 11.4. The molecule has 0 unspecified atom stereocenters. The summed E-state index contributed by atoms with van der Waals surface area (Å²) in [5.74, 6) is -0.301. The fraction of sp³-hybridized carbons (Fsp3) is 0.320. The summed E-state index contributed by atoms with van der Waals surface area (Å²) < 4.78 is 13.3. The number of methoxy groups -OCH3 is 1. The van der Waals surface area contributed by atoms with Crippen LogP contribution >= 0.6 is 15.9 Å². The maximum absolute atomic E-state index is 12.7. The molecule has 166 valence electrons. The molecule has 2 heterocycles. The van der Waals surface area contributed by atoms with Crippen molar-refractivity contribution in [3.05, 3.63) is 88.2 Å². The van der Waals surface area contributed by atoms with E-state index in [-0.39, 0.29) is 25.0 Å². The summed E-state index contributed by atoms with van der Waals surface area (Å²) in [5.41, 5.74) is 5.81. The molecule has 0 bridgehead atoms. The number of nitrogens with two attached hydrogens (primary N) is 1. The molecule has 0 spiro atoms. The van der Waals surface area contributed by atoms with Gasteiger partial charge in [0, 0.05) is 28.8 Å². The van der Waals surface area contributed by atoms with E-state index in [4.69, 9.17) is 15.2 Å². The van der Waals surface area contributed by atoms with Gasteiger partial charge in [-0.2, -0.15) is 0 Å². The van der Waals surface area contributed by atoms with Gasteiger partial charge in [0.05, 0.1) is 25.1 Å². The van der Waals surface area contributed by atoms with E-state index in [1.54, 1.807) is 19.5 Å². The number of hydrogen-bond donors (Lipinski definition) is 3. The fourth-order valence-electron chi connectivity index (χ4n) is 5.95. The minimum absolute atomic E-state index is 0.145. The highest BCUT2D eigenvalue weighted by Crippen LogP contribution is 2.71.